The summed E-state index contributed by atoms with van der Waals surface area (Å²) in [6, 6.07) is 5.58. The molecule has 4 rings (SSSR count). The van der Waals surface area contributed by atoms with E-state index in [4.69, 9.17) is 32.5 Å². The molecule has 43 heavy (non-hydrogen) atoms. The largest absolute Gasteiger partial charge is 1.00 e. The van der Waals surface area contributed by atoms with Crippen LogP contribution in [0.25, 0.3) is 21.9 Å². The number of hydrogen-bond donors (Lipinski definition) is 0. The molecule has 2 aromatic carbocycles. The van der Waals surface area contributed by atoms with Crippen LogP contribution in [0.15, 0.2) is 33.1 Å². The van der Waals surface area contributed by atoms with E-state index in [2.05, 4.69) is 4.18 Å². The average Bonchev–Trinajstić information content (AvgIpc) is 3.42. The fourth-order valence-corrected chi connectivity index (χ4v) is 4.69. The van der Waals surface area contributed by atoms with Gasteiger partial charge in [-0.05, 0) is 46.8 Å². The molecular formula is C28H29NaO13S. The Morgan fingerprint density at radius 3 is 1.77 bits per heavy atom. The molecule has 0 amide bonds. The Morgan fingerprint density at radius 1 is 0.721 bits per heavy atom. The third-order valence-electron chi connectivity index (χ3n) is 5.87. The molecular weight excluding hydrogens is 599 g/mol. The minimum Gasteiger partial charge on any atom is -0.716 e. The summed E-state index contributed by atoms with van der Waals surface area (Å²) in [7, 11) is -5.17. The van der Waals surface area contributed by atoms with Crippen LogP contribution in [0.5, 0.6) is 23.0 Å². The van der Waals surface area contributed by atoms with Crippen LogP contribution in [0.1, 0.15) is 59.9 Å². The number of benzene rings is 2. The first kappa shape index (κ1) is 34.1. The van der Waals surface area contributed by atoms with Crippen LogP contribution in [0, 0.1) is 6.92 Å². The van der Waals surface area contributed by atoms with E-state index in [1.54, 1.807) is 46.8 Å². The molecule has 0 aliphatic heterocycles. The number of fused-ring (bicyclic) bond motifs is 2. The van der Waals surface area contributed by atoms with Gasteiger partial charge in [0.15, 0.2) is 28.8 Å². The van der Waals surface area contributed by atoms with Gasteiger partial charge in [-0.15, -0.1) is 0 Å². The van der Waals surface area contributed by atoms with Gasteiger partial charge in [-0.1, -0.05) is 0 Å². The first-order valence-electron chi connectivity index (χ1n) is 13.1. The van der Waals surface area contributed by atoms with Gasteiger partial charge in [0.2, 0.25) is 0 Å². The van der Waals surface area contributed by atoms with Gasteiger partial charge in [0.25, 0.3) is 10.4 Å². The van der Waals surface area contributed by atoms with Crippen LogP contribution in [-0.4, -0.2) is 51.3 Å². The molecule has 0 fully saturated rings. The molecule has 0 saturated heterocycles. The van der Waals surface area contributed by atoms with Crippen molar-refractivity contribution in [2.45, 2.75) is 41.2 Å². The van der Waals surface area contributed by atoms with E-state index >= 15 is 0 Å². The Kier molecular flexibility index (Phi) is 11.4. The molecule has 15 heteroatoms. The van der Waals surface area contributed by atoms with E-state index in [1.165, 1.54) is 6.07 Å². The molecule has 2 heterocycles. The Balaban J connectivity index is 0.00000506. The number of carbonyl (C=O) groups excluding carboxylic acids is 2. The van der Waals surface area contributed by atoms with Gasteiger partial charge in [0.05, 0.1) is 26.4 Å². The predicted octanol–water partition coefficient (Wildman–Crippen LogP) is 2.06. The number of rotatable bonds is 13. The summed E-state index contributed by atoms with van der Waals surface area (Å²) in [5.41, 5.74) is 0.659. The molecule has 2 aromatic heterocycles. The fraction of sp³-hybridized carbons (Fsp3) is 0.357. The van der Waals surface area contributed by atoms with Crippen molar-refractivity contribution >= 4 is 44.3 Å². The molecule has 0 aliphatic rings. The molecule has 4 aromatic rings. The van der Waals surface area contributed by atoms with Crippen molar-refractivity contribution in [2.75, 3.05) is 26.4 Å². The first-order chi connectivity index (χ1) is 20.0. The molecule has 0 N–H and O–H groups in total. The quantitative estimate of drug-likeness (QED) is 0.0912. The van der Waals surface area contributed by atoms with Gasteiger partial charge in [0.1, 0.15) is 34.7 Å². The summed E-state index contributed by atoms with van der Waals surface area (Å²) in [4.78, 5) is 25.6. The Bertz CT molecular complexity index is 1740. The standard InChI is InChI=1S/C28H30O13S.Na/c1-6-34-21-12-18-16(25(15(5)39-18)27(29)36-8-3)10-20(21)38-14-24-26(28(30)37-9-4)17-11-23(41-42(31,32)33)22(35-7-2)13-19(17)40-24;/h10-13H,6-9,14H2,1-5H3,(H,31,32,33);/q;+1/p-1. The minimum atomic E-state index is -5.17. The normalized spacial score (nSPS) is 11.2. The summed E-state index contributed by atoms with van der Waals surface area (Å²) in [6.45, 7) is 8.66. The van der Waals surface area contributed by atoms with Crippen LogP contribution in [-0.2, 0) is 26.5 Å². The molecule has 0 aliphatic carbocycles. The summed E-state index contributed by atoms with van der Waals surface area (Å²) in [5.74, 6) is -0.978. The molecule has 226 valence electrons. The third-order valence-corrected chi connectivity index (χ3v) is 6.25. The minimum absolute atomic E-state index is 0. The number of aryl methyl sites for hydroxylation is 1. The van der Waals surface area contributed by atoms with E-state index in [-0.39, 0.29) is 102 Å². The number of ether oxygens (including phenoxy) is 5. The second-order valence-electron chi connectivity index (χ2n) is 8.61. The second-order valence-corrected chi connectivity index (χ2v) is 9.59. The van der Waals surface area contributed by atoms with Gasteiger partial charge in [-0.3, -0.25) is 0 Å². The van der Waals surface area contributed by atoms with Crippen LogP contribution < -0.4 is 48.0 Å². The van der Waals surface area contributed by atoms with Crippen LogP contribution in [0.3, 0.4) is 0 Å². The zero-order valence-corrected chi connectivity index (χ0v) is 27.4. The van der Waals surface area contributed by atoms with Crippen LogP contribution in [0.4, 0.5) is 0 Å². The van der Waals surface area contributed by atoms with Crippen molar-refractivity contribution in [2.24, 2.45) is 0 Å². The summed E-state index contributed by atoms with van der Waals surface area (Å²) in [6.07, 6.45) is 0. The van der Waals surface area contributed by atoms with Gasteiger partial charge in [0, 0.05) is 22.9 Å². The van der Waals surface area contributed by atoms with E-state index in [0.29, 0.717) is 22.5 Å². The summed E-state index contributed by atoms with van der Waals surface area (Å²) >= 11 is 0. The number of carbonyl (C=O) groups is 2. The maximum Gasteiger partial charge on any atom is 1.00 e. The van der Waals surface area contributed by atoms with Crippen molar-refractivity contribution < 1.29 is 88.8 Å². The van der Waals surface area contributed by atoms with Gasteiger partial charge in [-0.2, -0.15) is 0 Å². The fourth-order valence-electron chi connectivity index (χ4n) is 4.34. The second kappa shape index (κ2) is 14.4. The van der Waals surface area contributed by atoms with Crippen molar-refractivity contribution in [3.8, 4) is 23.0 Å². The maximum atomic E-state index is 13.0. The van der Waals surface area contributed by atoms with E-state index in [1.807, 2.05) is 0 Å². The Morgan fingerprint density at radius 2 is 1.21 bits per heavy atom. The zero-order chi connectivity index (χ0) is 30.6. The molecule has 0 bridgehead atoms. The van der Waals surface area contributed by atoms with Crippen molar-refractivity contribution in [1.82, 2.24) is 0 Å². The SMILES string of the molecule is CCOC(=O)c1c(C)oc2cc(OCC)c(OCc3oc4cc(OCC)c(OS(=O)(=O)[O-])cc4c3C(=O)OCC)cc12.[Na+]. The number of furan rings is 2. The van der Waals surface area contributed by atoms with Gasteiger partial charge in [-0.25, -0.2) is 18.0 Å². The van der Waals surface area contributed by atoms with E-state index in [9.17, 15) is 22.6 Å². The zero-order valence-electron chi connectivity index (χ0n) is 24.6. The molecule has 0 spiro atoms. The van der Waals surface area contributed by atoms with E-state index in [0.717, 1.165) is 6.07 Å². The molecule has 13 nitrogen and oxygen atoms in total. The van der Waals surface area contributed by atoms with Crippen molar-refractivity contribution in [3.05, 3.63) is 46.9 Å². The van der Waals surface area contributed by atoms with Crippen molar-refractivity contribution in [3.63, 3.8) is 0 Å². The summed E-state index contributed by atoms with van der Waals surface area (Å²) in [5, 5.41) is 0.534. The predicted molar refractivity (Wildman–Crippen MR) is 146 cm³/mol. The average molecular weight is 629 g/mol. The smallest absolute Gasteiger partial charge is 0.716 e. The topological polar surface area (TPSA) is 173 Å². The Hall–Kier alpha value is -3.43. The molecule has 0 saturated carbocycles. The van der Waals surface area contributed by atoms with Crippen LogP contribution >= 0.6 is 0 Å². The molecule has 0 radical (unpaired) electrons. The number of esters is 2. The van der Waals surface area contributed by atoms with Gasteiger partial charge < -0.3 is 41.3 Å². The van der Waals surface area contributed by atoms with E-state index < -0.39 is 28.1 Å². The van der Waals surface area contributed by atoms with Crippen LogP contribution in [0.2, 0.25) is 0 Å². The van der Waals surface area contributed by atoms with Gasteiger partial charge >= 0.3 is 41.5 Å². The van der Waals surface area contributed by atoms with Crippen molar-refractivity contribution in [1.29, 1.82) is 0 Å². The molecule has 0 unspecified atom stereocenters. The Labute approximate surface area is 269 Å². The molecule has 0 atom stereocenters. The maximum absolute atomic E-state index is 13.0. The summed E-state index contributed by atoms with van der Waals surface area (Å²) < 4.78 is 77.8. The monoisotopic (exact) mass is 628 g/mol. The third kappa shape index (κ3) is 7.57. The number of hydrogen-bond acceptors (Lipinski definition) is 13. The first-order valence-corrected chi connectivity index (χ1v) is 14.4.